The number of hydrogen-bond donors (Lipinski definition) is 4. The van der Waals surface area contributed by atoms with Crippen LogP contribution in [0.15, 0.2) is 66.7 Å². The van der Waals surface area contributed by atoms with E-state index in [1.807, 2.05) is 30.3 Å². The lowest BCUT2D eigenvalue weighted by Gasteiger charge is -2.12. The van der Waals surface area contributed by atoms with Gasteiger partial charge in [-0.1, -0.05) is 30.3 Å². The molecule has 4 N–H and O–H groups in total. The van der Waals surface area contributed by atoms with E-state index in [2.05, 4.69) is 19.8 Å². The van der Waals surface area contributed by atoms with Gasteiger partial charge in [0.2, 0.25) is 0 Å². The molecule has 36 heavy (non-hydrogen) atoms. The number of carboxylic acid groups (broad SMARTS) is 1. The van der Waals surface area contributed by atoms with Gasteiger partial charge in [-0.3, -0.25) is 5.26 Å². The molecule has 11 nitrogen and oxygen atoms in total. The van der Waals surface area contributed by atoms with Crippen molar-refractivity contribution in [3.05, 3.63) is 66.7 Å². The maximum absolute atomic E-state index is 10.7. The second-order valence-electron chi connectivity index (χ2n) is 7.39. The smallest absolute Gasteiger partial charge is 0.341 e. The number of benzene rings is 3. The van der Waals surface area contributed by atoms with Crippen molar-refractivity contribution >= 4 is 5.97 Å². The Morgan fingerprint density at radius 3 is 1.81 bits per heavy atom. The normalized spacial score (nSPS) is 10.7. The van der Waals surface area contributed by atoms with E-state index in [-0.39, 0.29) is 47.7 Å². The molecule has 0 saturated carbocycles. The van der Waals surface area contributed by atoms with Crippen LogP contribution >= 0.6 is 0 Å². The van der Waals surface area contributed by atoms with Crippen molar-refractivity contribution in [2.24, 2.45) is 0 Å². The minimum absolute atomic E-state index is 0.0383. The molecule has 3 aromatic carbocycles. The molecule has 4 rings (SSSR count). The summed E-state index contributed by atoms with van der Waals surface area (Å²) in [6, 6.07) is 17.9. The number of phenolic OH excluding ortho intramolecular Hbond substituents is 2. The summed E-state index contributed by atoms with van der Waals surface area (Å²) in [5, 5.41) is 38.5. The van der Waals surface area contributed by atoms with Crippen molar-refractivity contribution in [3.63, 3.8) is 0 Å². The Hall–Kier alpha value is -4.74. The zero-order valence-corrected chi connectivity index (χ0v) is 18.7. The molecule has 0 atom stereocenters. The second-order valence-corrected chi connectivity index (χ2v) is 7.39. The average molecular weight is 491 g/mol. The predicted molar refractivity (Wildman–Crippen MR) is 127 cm³/mol. The number of rotatable bonds is 10. The number of aromatic nitrogens is 3. The molecule has 4 aromatic rings. The molecule has 0 fully saturated rings. The molecule has 0 spiro atoms. The Labute approximate surface area is 204 Å². The van der Waals surface area contributed by atoms with E-state index in [1.165, 1.54) is 24.3 Å². The topological polar surface area (TPSA) is 164 Å². The number of phenols is 2. The van der Waals surface area contributed by atoms with E-state index >= 15 is 0 Å². The molecule has 0 aliphatic carbocycles. The molecule has 0 amide bonds. The molecule has 0 bridgehead atoms. The summed E-state index contributed by atoms with van der Waals surface area (Å²) in [6.07, 6.45) is 0. The number of carboxylic acids is 1. The minimum Gasteiger partial charge on any atom is -0.507 e. The first-order valence-corrected chi connectivity index (χ1v) is 10.7. The van der Waals surface area contributed by atoms with Crippen LogP contribution in [0.2, 0.25) is 0 Å². The standard InChI is InChI=1S/C25H21N3O8/c29-20-12-16(34-10-11-36-33)6-8-18(20)24-26-23(15-4-2-1-3-5-15)27-25(28-24)19-9-7-17(13-21(19)30)35-14-22(31)32/h1-9,12-13,29-30,33H,10-11,14H2,(H,31,32). The fourth-order valence-electron chi connectivity index (χ4n) is 3.26. The first kappa shape index (κ1) is 24.4. The van der Waals surface area contributed by atoms with Gasteiger partial charge in [-0.25, -0.2) is 24.6 Å². The van der Waals surface area contributed by atoms with Crippen molar-refractivity contribution in [2.45, 2.75) is 0 Å². The van der Waals surface area contributed by atoms with Crippen LogP contribution in [0, 0.1) is 0 Å². The third-order valence-corrected chi connectivity index (χ3v) is 4.89. The summed E-state index contributed by atoms with van der Waals surface area (Å²) in [7, 11) is 0. The van der Waals surface area contributed by atoms with Gasteiger partial charge in [-0.05, 0) is 24.3 Å². The average Bonchev–Trinajstić information content (AvgIpc) is 2.88. The highest BCUT2D eigenvalue weighted by molar-refractivity contribution is 5.73. The summed E-state index contributed by atoms with van der Waals surface area (Å²) in [5.41, 5.74) is 1.23. The second kappa shape index (κ2) is 11.1. The van der Waals surface area contributed by atoms with Gasteiger partial charge >= 0.3 is 5.97 Å². The van der Waals surface area contributed by atoms with Gasteiger partial charge in [0.25, 0.3) is 0 Å². The van der Waals surface area contributed by atoms with Crippen LogP contribution in [-0.2, 0) is 9.68 Å². The SMILES string of the molecule is O=C(O)COc1ccc(-c2nc(-c3ccccc3)nc(-c3ccc(OCCOO)cc3O)n2)c(O)c1. The van der Waals surface area contributed by atoms with Crippen LogP contribution in [0.1, 0.15) is 0 Å². The maximum atomic E-state index is 10.7. The third-order valence-electron chi connectivity index (χ3n) is 4.89. The molecule has 184 valence electrons. The summed E-state index contributed by atoms with van der Waals surface area (Å²) >= 11 is 0. The van der Waals surface area contributed by atoms with Crippen LogP contribution in [-0.4, -0.2) is 61.3 Å². The van der Waals surface area contributed by atoms with Crippen molar-refractivity contribution in [1.82, 2.24) is 15.0 Å². The van der Waals surface area contributed by atoms with Gasteiger partial charge < -0.3 is 24.8 Å². The van der Waals surface area contributed by atoms with Crippen LogP contribution in [0.25, 0.3) is 34.2 Å². The Morgan fingerprint density at radius 1 is 0.722 bits per heavy atom. The molecule has 0 radical (unpaired) electrons. The van der Waals surface area contributed by atoms with Crippen LogP contribution < -0.4 is 9.47 Å². The van der Waals surface area contributed by atoms with Gasteiger partial charge in [0.1, 0.15) is 36.2 Å². The predicted octanol–water partition coefficient (Wildman–Crippen LogP) is 3.62. The van der Waals surface area contributed by atoms with E-state index in [4.69, 9.17) is 19.8 Å². The van der Waals surface area contributed by atoms with Crippen LogP contribution in [0.3, 0.4) is 0 Å². The van der Waals surface area contributed by atoms with Gasteiger partial charge in [-0.15, -0.1) is 0 Å². The number of hydrogen-bond acceptors (Lipinski definition) is 10. The zero-order valence-electron chi connectivity index (χ0n) is 18.7. The third kappa shape index (κ3) is 5.84. The molecular formula is C25H21N3O8. The molecule has 1 aromatic heterocycles. The van der Waals surface area contributed by atoms with Crippen LogP contribution in [0.5, 0.6) is 23.0 Å². The molecule has 1 heterocycles. The Balaban J connectivity index is 1.76. The minimum atomic E-state index is -1.15. The number of aromatic hydroxyl groups is 2. The summed E-state index contributed by atoms with van der Waals surface area (Å²) in [4.78, 5) is 28.2. The molecule has 0 aliphatic rings. The van der Waals surface area contributed by atoms with E-state index in [0.717, 1.165) is 0 Å². The lowest BCUT2D eigenvalue weighted by molar-refractivity contribution is -0.245. The van der Waals surface area contributed by atoms with E-state index in [1.54, 1.807) is 12.1 Å². The van der Waals surface area contributed by atoms with Gasteiger partial charge in [0.05, 0.1) is 11.1 Å². The van der Waals surface area contributed by atoms with Crippen molar-refractivity contribution in [1.29, 1.82) is 0 Å². The van der Waals surface area contributed by atoms with Gasteiger partial charge in [0, 0.05) is 17.7 Å². The van der Waals surface area contributed by atoms with Crippen LogP contribution in [0.4, 0.5) is 0 Å². The monoisotopic (exact) mass is 491 g/mol. The Morgan fingerprint density at radius 2 is 1.28 bits per heavy atom. The lowest BCUT2D eigenvalue weighted by atomic mass is 10.1. The van der Waals surface area contributed by atoms with E-state index in [9.17, 15) is 15.0 Å². The van der Waals surface area contributed by atoms with Gasteiger partial charge in [-0.2, -0.15) is 0 Å². The van der Waals surface area contributed by atoms with E-state index < -0.39 is 12.6 Å². The molecule has 0 saturated heterocycles. The zero-order chi connectivity index (χ0) is 25.5. The van der Waals surface area contributed by atoms with E-state index in [0.29, 0.717) is 22.7 Å². The summed E-state index contributed by atoms with van der Waals surface area (Å²) in [5.74, 6) is -0.444. The fraction of sp³-hybridized carbons (Fsp3) is 0.120. The number of ether oxygens (including phenoxy) is 2. The van der Waals surface area contributed by atoms with Gasteiger partial charge in [0.15, 0.2) is 24.1 Å². The van der Waals surface area contributed by atoms with Crippen molar-refractivity contribution in [3.8, 4) is 57.2 Å². The maximum Gasteiger partial charge on any atom is 0.341 e. The quantitative estimate of drug-likeness (QED) is 0.145. The Bertz CT molecular complexity index is 1370. The molecule has 0 unspecified atom stereocenters. The number of nitrogens with zero attached hydrogens (tertiary/aromatic N) is 3. The highest BCUT2D eigenvalue weighted by Gasteiger charge is 2.17. The first-order valence-electron chi connectivity index (χ1n) is 10.7. The molecular weight excluding hydrogens is 470 g/mol. The number of carbonyl (C=O) groups is 1. The highest BCUT2D eigenvalue weighted by Crippen LogP contribution is 2.35. The van der Waals surface area contributed by atoms with Crippen molar-refractivity contribution in [2.75, 3.05) is 19.8 Å². The Kier molecular flexibility index (Phi) is 7.54. The summed E-state index contributed by atoms with van der Waals surface area (Å²) in [6.45, 7) is -0.517. The lowest BCUT2D eigenvalue weighted by Crippen LogP contribution is -2.09. The first-order chi connectivity index (χ1) is 17.4. The summed E-state index contributed by atoms with van der Waals surface area (Å²) < 4.78 is 10.5. The van der Waals surface area contributed by atoms with Crippen molar-refractivity contribution < 1.29 is 39.7 Å². The fourth-order valence-corrected chi connectivity index (χ4v) is 3.26. The molecule has 0 aliphatic heterocycles. The molecule has 11 heteroatoms. The largest absolute Gasteiger partial charge is 0.507 e. The highest BCUT2D eigenvalue weighted by atomic mass is 17.1. The number of aliphatic carboxylic acids is 1.